The largest absolute Gasteiger partial charge is 0.493 e. The van der Waals surface area contributed by atoms with E-state index in [1.54, 1.807) is 44.6 Å². The second kappa shape index (κ2) is 5.54. The van der Waals surface area contributed by atoms with Crippen LogP contribution < -0.4 is 18.9 Å². The molecular formula is C16H16O5. The maximum atomic E-state index is 10.5. The third-order valence-electron chi connectivity index (χ3n) is 3.44. The molecule has 21 heavy (non-hydrogen) atoms. The Kier molecular flexibility index (Phi) is 3.58. The summed E-state index contributed by atoms with van der Waals surface area (Å²) in [6, 6.07) is 10.7. The number of ether oxygens (including phenoxy) is 4. The number of methoxy groups -OCH3 is 2. The molecule has 0 bridgehead atoms. The molecule has 0 radical (unpaired) electrons. The number of hydrogen-bond acceptors (Lipinski definition) is 5. The predicted molar refractivity (Wildman–Crippen MR) is 76.2 cm³/mol. The topological polar surface area (TPSA) is 57.2 Å². The molecule has 0 saturated heterocycles. The van der Waals surface area contributed by atoms with E-state index in [0.29, 0.717) is 28.6 Å². The molecule has 0 aliphatic carbocycles. The highest BCUT2D eigenvalue weighted by Crippen LogP contribution is 2.37. The van der Waals surface area contributed by atoms with E-state index in [9.17, 15) is 5.11 Å². The summed E-state index contributed by atoms with van der Waals surface area (Å²) in [7, 11) is 3.14. The smallest absolute Gasteiger partial charge is 0.231 e. The maximum absolute atomic E-state index is 10.5. The zero-order valence-electron chi connectivity index (χ0n) is 11.8. The average molecular weight is 288 g/mol. The summed E-state index contributed by atoms with van der Waals surface area (Å²) in [6.45, 7) is 0.214. The van der Waals surface area contributed by atoms with E-state index in [4.69, 9.17) is 18.9 Å². The van der Waals surface area contributed by atoms with Crippen molar-refractivity contribution in [2.75, 3.05) is 21.0 Å². The first-order valence-electron chi connectivity index (χ1n) is 6.52. The molecule has 2 aromatic rings. The Labute approximate surface area is 122 Å². The van der Waals surface area contributed by atoms with Gasteiger partial charge in [-0.25, -0.2) is 0 Å². The van der Waals surface area contributed by atoms with Gasteiger partial charge in [0, 0.05) is 0 Å². The lowest BCUT2D eigenvalue weighted by Crippen LogP contribution is -2.01. The highest BCUT2D eigenvalue weighted by Gasteiger charge is 2.18. The van der Waals surface area contributed by atoms with Crippen molar-refractivity contribution in [1.82, 2.24) is 0 Å². The molecule has 0 aromatic heterocycles. The quantitative estimate of drug-likeness (QED) is 0.936. The lowest BCUT2D eigenvalue weighted by atomic mass is 10.0. The van der Waals surface area contributed by atoms with Gasteiger partial charge in [0.05, 0.1) is 14.2 Å². The molecule has 0 amide bonds. The summed E-state index contributed by atoms with van der Waals surface area (Å²) in [5.74, 6) is 2.54. The number of fused-ring (bicyclic) bond motifs is 1. The van der Waals surface area contributed by atoms with Gasteiger partial charge in [0.25, 0.3) is 0 Å². The van der Waals surface area contributed by atoms with Gasteiger partial charge >= 0.3 is 0 Å². The van der Waals surface area contributed by atoms with Gasteiger partial charge in [-0.3, -0.25) is 0 Å². The van der Waals surface area contributed by atoms with E-state index in [1.807, 2.05) is 6.07 Å². The number of rotatable bonds is 4. The van der Waals surface area contributed by atoms with Crippen molar-refractivity contribution in [2.45, 2.75) is 6.10 Å². The molecule has 2 aromatic carbocycles. The van der Waals surface area contributed by atoms with Crippen LogP contribution in [-0.4, -0.2) is 26.1 Å². The first-order valence-corrected chi connectivity index (χ1v) is 6.52. The Morgan fingerprint density at radius 2 is 1.57 bits per heavy atom. The van der Waals surface area contributed by atoms with Gasteiger partial charge < -0.3 is 24.1 Å². The lowest BCUT2D eigenvalue weighted by molar-refractivity contribution is 0.173. The molecule has 0 spiro atoms. The highest BCUT2D eigenvalue weighted by atomic mass is 16.7. The Hall–Kier alpha value is -2.40. The molecule has 0 fully saturated rings. The third-order valence-corrected chi connectivity index (χ3v) is 3.44. The van der Waals surface area contributed by atoms with Gasteiger partial charge in [-0.15, -0.1) is 0 Å². The summed E-state index contributed by atoms with van der Waals surface area (Å²) < 4.78 is 21.0. The molecule has 5 heteroatoms. The van der Waals surface area contributed by atoms with E-state index >= 15 is 0 Å². The van der Waals surface area contributed by atoms with Crippen LogP contribution in [0.3, 0.4) is 0 Å². The minimum atomic E-state index is -0.778. The molecule has 110 valence electrons. The van der Waals surface area contributed by atoms with Crippen molar-refractivity contribution in [3.05, 3.63) is 47.5 Å². The highest BCUT2D eigenvalue weighted by molar-refractivity contribution is 5.49. The van der Waals surface area contributed by atoms with Crippen LogP contribution in [0.5, 0.6) is 23.0 Å². The number of aliphatic hydroxyl groups is 1. The van der Waals surface area contributed by atoms with Crippen LogP contribution in [0.2, 0.25) is 0 Å². The predicted octanol–water partition coefficient (Wildman–Crippen LogP) is 2.51. The lowest BCUT2D eigenvalue weighted by Gasteiger charge is -2.15. The second-order valence-electron chi connectivity index (χ2n) is 4.63. The zero-order chi connectivity index (χ0) is 14.8. The monoisotopic (exact) mass is 288 g/mol. The van der Waals surface area contributed by atoms with Crippen LogP contribution in [0.1, 0.15) is 17.2 Å². The minimum absolute atomic E-state index is 0.214. The van der Waals surface area contributed by atoms with Gasteiger partial charge in [0.15, 0.2) is 23.0 Å². The first-order chi connectivity index (χ1) is 10.2. The molecule has 1 N–H and O–H groups in total. The average Bonchev–Trinajstić information content (AvgIpc) is 3.00. The number of hydrogen-bond donors (Lipinski definition) is 1. The molecule has 0 saturated carbocycles. The third kappa shape index (κ3) is 2.48. The molecule has 1 aliphatic heterocycles. The van der Waals surface area contributed by atoms with Crippen molar-refractivity contribution >= 4 is 0 Å². The second-order valence-corrected chi connectivity index (χ2v) is 4.63. The summed E-state index contributed by atoms with van der Waals surface area (Å²) in [5, 5.41) is 10.5. The van der Waals surface area contributed by atoms with Crippen LogP contribution in [0.15, 0.2) is 36.4 Å². The van der Waals surface area contributed by atoms with Crippen molar-refractivity contribution in [3.63, 3.8) is 0 Å². The van der Waals surface area contributed by atoms with Crippen LogP contribution in [0.25, 0.3) is 0 Å². The van der Waals surface area contributed by atoms with Crippen LogP contribution in [0.4, 0.5) is 0 Å². The van der Waals surface area contributed by atoms with Gasteiger partial charge in [0.1, 0.15) is 6.10 Å². The Balaban J connectivity index is 1.93. The number of aliphatic hydroxyl groups excluding tert-OH is 1. The Morgan fingerprint density at radius 1 is 0.905 bits per heavy atom. The fourth-order valence-electron chi connectivity index (χ4n) is 2.30. The molecular weight excluding hydrogens is 272 g/mol. The Bertz CT molecular complexity index is 653. The molecule has 5 nitrogen and oxygen atoms in total. The Morgan fingerprint density at radius 3 is 2.33 bits per heavy atom. The summed E-state index contributed by atoms with van der Waals surface area (Å²) >= 11 is 0. The minimum Gasteiger partial charge on any atom is -0.493 e. The van der Waals surface area contributed by atoms with Gasteiger partial charge in [-0.1, -0.05) is 12.1 Å². The van der Waals surface area contributed by atoms with Crippen molar-refractivity contribution in [1.29, 1.82) is 0 Å². The van der Waals surface area contributed by atoms with Crippen LogP contribution in [-0.2, 0) is 0 Å². The van der Waals surface area contributed by atoms with Crippen molar-refractivity contribution < 1.29 is 24.1 Å². The molecule has 1 heterocycles. The summed E-state index contributed by atoms with van der Waals surface area (Å²) in [5.41, 5.74) is 1.44. The fraction of sp³-hybridized carbons (Fsp3) is 0.250. The number of benzene rings is 2. The van der Waals surface area contributed by atoms with E-state index in [0.717, 1.165) is 5.56 Å². The molecule has 3 rings (SSSR count). The van der Waals surface area contributed by atoms with E-state index in [-0.39, 0.29) is 6.79 Å². The fourth-order valence-corrected chi connectivity index (χ4v) is 2.30. The standard InChI is InChI=1S/C16H16O5/c1-18-12-5-3-10(7-14(12)19-2)16(17)11-4-6-13-15(8-11)21-9-20-13/h3-8,16-17H,9H2,1-2H3. The van der Waals surface area contributed by atoms with Gasteiger partial charge in [-0.2, -0.15) is 0 Å². The van der Waals surface area contributed by atoms with E-state index in [2.05, 4.69) is 0 Å². The van der Waals surface area contributed by atoms with E-state index < -0.39 is 6.10 Å². The van der Waals surface area contributed by atoms with Crippen molar-refractivity contribution in [2.24, 2.45) is 0 Å². The van der Waals surface area contributed by atoms with Gasteiger partial charge in [-0.05, 0) is 35.4 Å². The SMILES string of the molecule is COc1ccc(C(O)c2ccc3c(c2)OCO3)cc1OC. The van der Waals surface area contributed by atoms with Crippen LogP contribution in [0, 0.1) is 0 Å². The summed E-state index contributed by atoms with van der Waals surface area (Å²) in [4.78, 5) is 0. The maximum Gasteiger partial charge on any atom is 0.231 e. The van der Waals surface area contributed by atoms with Crippen LogP contribution >= 0.6 is 0 Å². The molecule has 1 unspecified atom stereocenters. The normalized spacial score (nSPS) is 13.9. The van der Waals surface area contributed by atoms with Crippen molar-refractivity contribution in [3.8, 4) is 23.0 Å². The van der Waals surface area contributed by atoms with E-state index in [1.165, 1.54) is 0 Å². The van der Waals surface area contributed by atoms with Gasteiger partial charge in [0.2, 0.25) is 6.79 Å². The molecule has 1 aliphatic rings. The zero-order valence-corrected chi connectivity index (χ0v) is 11.8. The summed E-state index contributed by atoms with van der Waals surface area (Å²) in [6.07, 6.45) is -0.778. The molecule has 1 atom stereocenters. The first kappa shape index (κ1) is 13.6.